The number of hydrogen-bond donors (Lipinski definition) is 1. The number of amides is 1. The zero-order valence-corrected chi connectivity index (χ0v) is 8.95. The molecule has 0 spiro atoms. The van der Waals surface area contributed by atoms with Crippen LogP contribution in [0.1, 0.15) is 22.0 Å². The minimum atomic E-state index is -1.75. The zero-order chi connectivity index (χ0) is 13.4. The molecule has 1 heterocycles. The first-order chi connectivity index (χ1) is 8.52. The van der Waals surface area contributed by atoms with E-state index in [9.17, 15) is 18.0 Å². The SMILES string of the molecule is N#CC1c2cc(F)c(F)c(F)c2C(=O)N1CCO. The highest BCUT2D eigenvalue weighted by atomic mass is 19.2. The summed E-state index contributed by atoms with van der Waals surface area (Å²) in [4.78, 5) is 12.6. The van der Waals surface area contributed by atoms with Gasteiger partial charge in [-0.15, -0.1) is 0 Å². The van der Waals surface area contributed by atoms with Crippen molar-refractivity contribution in [3.05, 3.63) is 34.6 Å². The van der Waals surface area contributed by atoms with Crippen molar-refractivity contribution in [1.82, 2.24) is 4.90 Å². The van der Waals surface area contributed by atoms with Crippen LogP contribution in [0.15, 0.2) is 6.07 Å². The number of aliphatic hydroxyl groups is 1. The lowest BCUT2D eigenvalue weighted by atomic mass is 10.0. The van der Waals surface area contributed by atoms with E-state index in [0.29, 0.717) is 6.07 Å². The molecule has 1 atom stereocenters. The Labute approximate surface area is 99.9 Å². The molecule has 1 aromatic carbocycles. The molecule has 0 radical (unpaired) electrons. The van der Waals surface area contributed by atoms with Gasteiger partial charge in [0.15, 0.2) is 17.5 Å². The second-order valence-electron chi connectivity index (χ2n) is 3.70. The molecule has 18 heavy (non-hydrogen) atoms. The fourth-order valence-electron chi connectivity index (χ4n) is 1.95. The van der Waals surface area contributed by atoms with Gasteiger partial charge in [-0.25, -0.2) is 13.2 Å². The van der Waals surface area contributed by atoms with Crippen LogP contribution in [0.3, 0.4) is 0 Å². The standard InChI is InChI=1S/C11H7F3N2O2/c12-6-3-5-7(4-15)16(1-2-17)11(18)8(5)10(14)9(6)13/h3,7,17H,1-2H2. The smallest absolute Gasteiger partial charge is 0.258 e. The number of carbonyl (C=O) groups excluding carboxylic acids is 1. The van der Waals surface area contributed by atoms with E-state index in [-0.39, 0.29) is 12.1 Å². The molecule has 94 valence electrons. The van der Waals surface area contributed by atoms with Crippen molar-refractivity contribution < 1.29 is 23.1 Å². The Morgan fingerprint density at radius 2 is 2.06 bits per heavy atom. The van der Waals surface area contributed by atoms with Crippen LogP contribution in [0, 0.1) is 28.8 Å². The van der Waals surface area contributed by atoms with Crippen molar-refractivity contribution in [1.29, 1.82) is 5.26 Å². The number of nitrogens with zero attached hydrogens (tertiary/aromatic N) is 2. The number of aliphatic hydroxyl groups excluding tert-OH is 1. The molecule has 1 N–H and O–H groups in total. The second-order valence-corrected chi connectivity index (χ2v) is 3.70. The van der Waals surface area contributed by atoms with Crippen molar-refractivity contribution in [3.8, 4) is 6.07 Å². The van der Waals surface area contributed by atoms with Gasteiger partial charge in [0.25, 0.3) is 5.91 Å². The maximum absolute atomic E-state index is 13.5. The lowest BCUT2D eigenvalue weighted by Gasteiger charge is -2.18. The third-order valence-electron chi connectivity index (χ3n) is 2.74. The molecule has 1 unspecified atom stereocenters. The van der Waals surface area contributed by atoms with Gasteiger partial charge >= 0.3 is 0 Å². The van der Waals surface area contributed by atoms with Crippen LogP contribution in [0.5, 0.6) is 0 Å². The summed E-state index contributed by atoms with van der Waals surface area (Å²) in [7, 11) is 0. The van der Waals surface area contributed by atoms with Crippen LogP contribution in [0.2, 0.25) is 0 Å². The van der Waals surface area contributed by atoms with Gasteiger partial charge in [0.05, 0.1) is 18.2 Å². The molecule has 0 aromatic heterocycles. The predicted octanol–water partition coefficient (Wildman–Crippen LogP) is 1.12. The van der Waals surface area contributed by atoms with Crippen LogP contribution in [0.25, 0.3) is 0 Å². The highest BCUT2D eigenvalue weighted by Gasteiger charge is 2.40. The number of carbonyl (C=O) groups is 1. The average Bonchev–Trinajstić information content (AvgIpc) is 2.60. The quantitative estimate of drug-likeness (QED) is 0.806. The van der Waals surface area contributed by atoms with E-state index < -0.39 is 41.6 Å². The number of halogens is 3. The molecule has 1 aliphatic rings. The average molecular weight is 256 g/mol. The number of nitriles is 1. The molecule has 0 saturated heterocycles. The third kappa shape index (κ3) is 1.54. The Morgan fingerprint density at radius 3 is 2.61 bits per heavy atom. The topological polar surface area (TPSA) is 64.3 Å². The summed E-state index contributed by atoms with van der Waals surface area (Å²) in [6.07, 6.45) is 0. The molecule has 2 rings (SSSR count). The van der Waals surface area contributed by atoms with Gasteiger partial charge < -0.3 is 10.0 Å². The number of rotatable bonds is 2. The summed E-state index contributed by atoms with van der Waals surface area (Å²) in [6.45, 7) is -0.654. The van der Waals surface area contributed by atoms with E-state index in [0.717, 1.165) is 4.90 Å². The number of β-amino-alcohol motifs (C(OH)–C–C–N with tert-alkyl or cyclic N) is 1. The molecule has 1 aliphatic heterocycles. The van der Waals surface area contributed by atoms with Gasteiger partial charge in [0, 0.05) is 12.1 Å². The number of benzene rings is 1. The van der Waals surface area contributed by atoms with Gasteiger partial charge in [0.2, 0.25) is 0 Å². The molecule has 0 fully saturated rings. The molecule has 4 nitrogen and oxygen atoms in total. The summed E-state index contributed by atoms with van der Waals surface area (Å²) in [5.74, 6) is -5.73. The van der Waals surface area contributed by atoms with Gasteiger partial charge in [-0.3, -0.25) is 4.79 Å². The van der Waals surface area contributed by atoms with Crippen LogP contribution in [-0.4, -0.2) is 29.1 Å². The molecule has 7 heteroatoms. The molecular weight excluding hydrogens is 249 g/mol. The second kappa shape index (κ2) is 4.31. The van der Waals surface area contributed by atoms with E-state index >= 15 is 0 Å². The largest absolute Gasteiger partial charge is 0.395 e. The molecule has 0 bridgehead atoms. The fraction of sp³-hybridized carbons (Fsp3) is 0.273. The summed E-state index contributed by atoms with van der Waals surface area (Å²) >= 11 is 0. The van der Waals surface area contributed by atoms with Crippen LogP contribution >= 0.6 is 0 Å². The van der Waals surface area contributed by atoms with E-state index in [4.69, 9.17) is 10.4 Å². The Bertz CT molecular complexity index is 568. The summed E-state index contributed by atoms with van der Waals surface area (Å²) in [5, 5.41) is 17.7. The summed E-state index contributed by atoms with van der Waals surface area (Å²) in [6, 6.07) is 1.12. The van der Waals surface area contributed by atoms with E-state index in [1.54, 1.807) is 6.07 Å². The van der Waals surface area contributed by atoms with Gasteiger partial charge in [-0.05, 0) is 6.07 Å². The zero-order valence-electron chi connectivity index (χ0n) is 8.95. The minimum absolute atomic E-state index is 0.214. The number of fused-ring (bicyclic) bond motifs is 1. The summed E-state index contributed by atoms with van der Waals surface area (Å²) < 4.78 is 39.6. The Morgan fingerprint density at radius 1 is 1.39 bits per heavy atom. The van der Waals surface area contributed by atoms with Gasteiger partial charge in [-0.2, -0.15) is 5.26 Å². The molecule has 0 saturated carbocycles. The number of hydrogen-bond acceptors (Lipinski definition) is 3. The first-order valence-corrected chi connectivity index (χ1v) is 5.01. The highest BCUT2D eigenvalue weighted by Crippen LogP contribution is 2.36. The Balaban J connectivity index is 2.64. The van der Waals surface area contributed by atoms with E-state index in [1.165, 1.54) is 0 Å². The van der Waals surface area contributed by atoms with E-state index in [2.05, 4.69) is 0 Å². The normalized spacial score (nSPS) is 17.8. The van der Waals surface area contributed by atoms with Crippen molar-refractivity contribution in [2.45, 2.75) is 6.04 Å². The van der Waals surface area contributed by atoms with E-state index in [1.807, 2.05) is 0 Å². The maximum atomic E-state index is 13.5. The van der Waals surface area contributed by atoms with Crippen molar-refractivity contribution in [2.24, 2.45) is 0 Å². The van der Waals surface area contributed by atoms with Crippen LogP contribution in [0.4, 0.5) is 13.2 Å². The molecule has 1 amide bonds. The minimum Gasteiger partial charge on any atom is -0.395 e. The lowest BCUT2D eigenvalue weighted by molar-refractivity contribution is 0.0718. The highest BCUT2D eigenvalue weighted by molar-refractivity contribution is 6.00. The van der Waals surface area contributed by atoms with Crippen LogP contribution < -0.4 is 0 Å². The fourth-order valence-corrected chi connectivity index (χ4v) is 1.95. The molecule has 1 aromatic rings. The monoisotopic (exact) mass is 256 g/mol. The predicted molar refractivity (Wildman–Crippen MR) is 52.8 cm³/mol. The molecular formula is C11H7F3N2O2. The maximum Gasteiger partial charge on any atom is 0.258 e. The summed E-state index contributed by atoms with van der Waals surface area (Å²) in [5.41, 5.74) is -0.860. The van der Waals surface area contributed by atoms with Crippen molar-refractivity contribution in [2.75, 3.05) is 13.2 Å². The van der Waals surface area contributed by atoms with Crippen LogP contribution in [-0.2, 0) is 0 Å². The Hall–Kier alpha value is -2.07. The Kier molecular flexibility index (Phi) is 2.97. The van der Waals surface area contributed by atoms with Gasteiger partial charge in [0.1, 0.15) is 6.04 Å². The third-order valence-corrected chi connectivity index (χ3v) is 2.74. The first-order valence-electron chi connectivity index (χ1n) is 5.01. The first kappa shape index (κ1) is 12.4. The van der Waals surface area contributed by atoms with Crippen molar-refractivity contribution in [3.63, 3.8) is 0 Å². The lowest BCUT2D eigenvalue weighted by Crippen LogP contribution is -2.30. The molecule has 0 aliphatic carbocycles. The van der Waals surface area contributed by atoms with Gasteiger partial charge in [-0.1, -0.05) is 0 Å². The van der Waals surface area contributed by atoms with Crippen molar-refractivity contribution >= 4 is 5.91 Å².